The number of rotatable bonds is 8. The van der Waals surface area contributed by atoms with Gasteiger partial charge >= 0.3 is 31.4 Å². The summed E-state index contributed by atoms with van der Waals surface area (Å²) >= 11 is 0. The Morgan fingerprint density at radius 2 is 0.904 bits per heavy atom. The summed E-state index contributed by atoms with van der Waals surface area (Å²) in [4.78, 5) is 90.0. The Morgan fingerprint density at radius 3 is 1.37 bits per heavy atom. The second kappa shape index (κ2) is 20.3. The third kappa shape index (κ3) is 8.71. The van der Waals surface area contributed by atoms with E-state index in [1.54, 1.807) is 6.20 Å². The van der Waals surface area contributed by atoms with Gasteiger partial charge in [-0.15, -0.1) is 22.1 Å². The molecule has 0 amide bonds. The summed E-state index contributed by atoms with van der Waals surface area (Å²) in [5.74, 6) is 1.84. The van der Waals surface area contributed by atoms with Crippen LogP contribution < -0.4 is 9.97 Å². The molecule has 0 radical (unpaired) electrons. The Labute approximate surface area is 484 Å². The zero-order chi connectivity index (χ0) is 55.2. The summed E-state index contributed by atoms with van der Waals surface area (Å²) in [6.45, 7) is 0. The largest absolute Gasteiger partial charge is 2.00 e. The third-order valence-electron chi connectivity index (χ3n) is 15.3. The molecule has 4 aliphatic rings. The second-order valence-corrected chi connectivity index (χ2v) is 20.1. The van der Waals surface area contributed by atoms with Crippen LogP contribution in [-0.4, -0.2) is 85.5 Å². The molecule has 0 unspecified atom stereocenters. The molecule has 4 aromatic carbocycles. The molecule has 0 atom stereocenters. The summed E-state index contributed by atoms with van der Waals surface area (Å²) in [6.07, 6.45) is 12.2. The zero-order valence-corrected chi connectivity index (χ0v) is 47.9. The van der Waals surface area contributed by atoms with Gasteiger partial charge in [-0.2, -0.15) is 0 Å². The van der Waals surface area contributed by atoms with Gasteiger partial charge < -0.3 is 34.0 Å². The summed E-state index contributed by atoms with van der Waals surface area (Å²) in [7, 11) is 4.69. The number of aryl methyl sites for hydroxylation is 3. The number of nitrogens with one attached hydrogen (secondary N) is 2. The quantitative estimate of drug-likeness (QED) is 0.106. The fourth-order valence-electron chi connectivity index (χ4n) is 11.3. The summed E-state index contributed by atoms with van der Waals surface area (Å²) in [5, 5.41) is 3.42. The van der Waals surface area contributed by atoms with Gasteiger partial charge in [0.05, 0.1) is 37.0 Å². The predicted molar refractivity (Wildman–Crippen MR) is 315 cm³/mol. The molecule has 0 saturated heterocycles. The molecule has 0 saturated carbocycles. The number of H-pyrrole nitrogens is 2. The van der Waals surface area contributed by atoms with Gasteiger partial charge in [0.15, 0.2) is 23.3 Å². The SMILES string of the molecule is COC(=O)CCc1c2nc(c(-c3nccn3C)c3ccc([n-]3)c(CCC(=O)OC)c3nc(c(-c4ccc5c(c4)-c4nc-5nc5[nH]c(nc6nc(nc7[nH]c(n4)c4ccccc74)-c4ccccc4-6)c4ccccc54)c4ccc1[n-]4)C=C3)C=C2.[Zn+2]. The number of aromatic amines is 2. The average Bonchev–Trinajstić information content (AvgIpc) is 4.57. The molecule has 7 aromatic heterocycles. The van der Waals surface area contributed by atoms with Crippen LogP contribution in [0.3, 0.4) is 0 Å². The standard InChI is InChI=1S/C64H44N14O4.Zn/c1-78-31-30-65-64(78)55-50-26-22-46(68-50)41(18-28-52(79)81-2)44-20-24-48(66-44)54(49-25-21-45(67-49)42(19-29-53(80)82-3)47-23-27-51(55)69-47)33-16-17-40-43(32-33)63-76-61-39-15-9-8-14-38(39)59(74-61)72-57-35-11-5-4-10-34(35)56(70-57)71-58-36-12-6-7-13-37(36)60(73-58)75-62(40)77-63;/h4-17,20-27,30-32H,18-19,28-29H2,1-3H3,(H2-2,65,66,67,68,69,70,71,72,73,74,75,76,77);/q-2;+2. The van der Waals surface area contributed by atoms with Gasteiger partial charge in [-0.1, -0.05) is 103 Å². The van der Waals surface area contributed by atoms with Gasteiger partial charge in [0.2, 0.25) is 0 Å². The maximum atomic E-state index is 12.9. The van der Waals surface area contributed by atoms with E-state index in [1.165, 1.54) is 14.2 Å². The van der Waals surface area contributed by atoms with Crippen LogP contribution in [0, 0.1) is 0 Å². The summed E-state index contributed by atoms with van der Waals surface area (Å²) in [6, 6.07) is 37.8. The number of aromatic nitrogens is 14. The van der Waals surface area contributed by atoms with Crippen molar-refractivity contribution in [2.75, 3.05) is 14.2 Å². The van der Waals surface area contributed by atoms with Crippen molar-refractivity contribution in [2.45, 2.75) is 25.7 Å². The summed E-state index contributed by atoms with van der Waals surface area (Å²) in [5.41, 5.74) is 14.1. The molecule has 396 valence electrons. The van der Waals surface area contributed by atoms with Crippen LogP contribution in [-0.2, 0) is 58.4 Å². The zero-order valence-electron chi connectivity index (χ0n) is 45.0. The number of ether oxygens (including phenoxy) is 2. The van der Waals surface area contributed by atoms with E-state index in [4.69, 9.17) is 64.3 Å². The third-order valence-corrected chi connectivity index (χ3v) is 15.3. The normalized spacial score (nSPS) is 12.1. The van der Waals surface area contributed by atoms with Crippen molar-refractivity contribution in [2.24, 2.45) is 7.05 Å². The van der Waals surface area contributed by atoms with Crippen LogP contribution >= 0.6 is 0 Å². The number of carbonyl (C=O) groups excluding carboxylic acids is 2. The Kier molecular flexibility index (Phi) is 12.4. The van der Waals surface area contributed by atoms with Crippen LogP contribution in [0.1, 0.15) is 46.7 Å². The van der Waals surface area contributed by atoms with Crippen LogP contribution in [0.5, 0.6) is 0 Å². The van der Waals surface area contributed by atoms with Gasteiger partial charge in [0.25, 0.3) is 0 Å². The van der Waals surface area contributed by atoms with E-state index in [0.717, 1.165) is 54.9 Å². The van der Waals surface area contributed by atoms with Gasteiger partial charge in [0, 0.05) is 81.6 Å². The van der Waals surface area contributed by atoms with Crippen molar-refractivity contribution < 1.29 is 38.5 Å². The fourth-order valence-corrected chi connectivity index (χ4v) is 11.3. The van der Waals surface area contributed by atoms with Crippen LogP contribution in [0.4, 0.5) is 0 Å². The second-order valence-electron chi connectivity index (χ2n) is 20.1. The van der Waals surface area contributed by atoms with Gasteiger partial charge in [0.1, 0.15) is 28.4 Å². The van der Waals surface area contributed by atoms with Crippen molar-refractivity contribution in [1.29, 1.82) is 0 Å². The number of hydrogen-bond donors (Lipinski definition) is 2. The molecule has 18 nitrogen and oxygen atoms in total. The van der Waals surface area contributed by atoms with Crippen molar-refractivity contribution in [3.63, 3.8) is 0 Å². The van der Waals surface area contributed by atoms with Crippen molar-refractivity contribution >= 4 is 102 Å². The number of nitrogens with zero attached hydrogens (tertiary/aromatic N) is 12. The predicted octanol–water partition coefficient (Wildman–Crippen LogP) is 11.4. The smallest absolute Gasteiger partial charge is 0.657 e. The maximum Gasteiger partial charge on any atom is 2.00 e. The molecule has 0 fully saturated rings. The number of carbonyl (C=O) groups is 2. The summed E-state index contributed by atoms with van der Waals surface area (Å²) < 4.78 is 12.2. The van der Waals surface area contributed by atoms with E-state index < -0.39 is 0 Å². The molecule has 2 N–H and O–H groups in total. The molecule has 11 aromatic rings. The Bertz CT molecular complexity index is 4980. The number of imidazole rings is 1. The molecule has 83 heavy (non-hydrogen) atoms. The molecule has 0 aliphatic carbocycles. The molecule has 0 spiro atoms. The first-order chi connectivity index (χ1) is 40.2. The number of benzene rings is 4. The monoisotopic (exact) mass is 1140 g/mol. The molecule has 11 heterocycles. The molecular formula is C64H44N14O4Zn. The van der Waals surface area contributed by atoms with Crippen LogP contribution in [0.15, 0.2) is 128 Å². The molecule has 19 heteroatoms. The van der Waals surface area contributed by atoms with Crippen molar-refractivity contribution in [3.05, 3.63) is 162 Å². The van der Waals surface area contributed by atoms with Crippen molar-refractivity contribution in [1.82, 2.24) is 69.4 Å². The Hall–Kier alpha value is -10.4. The number of methoxy groups -OCH3 is 2. The number of fused-ring (bicyclic) bond motifs is 28. The van der Waals surface area contributed by atoms with E-state index in [-0.39, 0.29) is 44.3 Å². The van der Waals surface area contributed by atoms with E-state index >= 15 is 0 Å². The molecule has 16 bridgehead atoms. The minimum atomic E-state index is -0.362. The fraction of sp³-hybridized carbons (Fsp3) is 0.109. The van der Waals surface area contributed by atoms with Crippen LogP contribution in [0.2, 0.25) is 0 Å². The van der Waals surface area contributed by atoms with E-state index in [2.05, 4.69) is 16.0 Å². The first-order valence-electron chi connectivity index (χ1n) is 26.6. The van der Waals surface area contributed by atoms with Gasteiger partial charge in [-0.05, 0) is 71.5 Å². The van der Waals surface area contributed by atoms with Crippen molar-refractivity contribution in [3.8, 4) is 68.1 Å². The van der Waals surface area contributed by atoms with E-state index in [1.807, 2.05) is 151 Å². The minimum absolute atomic E-state index is 0. The Morgan fingerprint density at radius 1 is 0.482 bits per heavy atom. The van der Waals surface area contributed by atoms with Crippen LogP contribution in [0.25, 0.3) is 159 Å². The first kappa shape index (κ1) is 50.8. The number of esters is 2. The van der Waals surface area contributed by atoms with E-state index in [0.29, 0.717) is 126 Å². The van der Waals surface area contributed by atoms with Gasteiger partial charge in [-0.3, -0.25) is 9.59 Å². The maximum absolute atomic E-state index is 12.9. The average molecular weight is 1140 g/mol. The topological polar surface area (TPSA) is 233 Å². The molecule has 4 aliphatic heterocycles. The molecule has 15 rings (SSSR count). The minimum Gasteiger partial charge on any atom is -0.657 e. The number of hydrogen-bond acceptors (Lipinski definition) is 13. The Balaban J connectivity index is 0.00000614. The molecular weight excluding hydrogens is 1090 g/mol. The van der Waals surface area contributed by atoms with Gasteiger partial charge in [-0.25, -0.2) is 44.9 Å². The first-order valence-corrected chi connectivity index (χ1v) is 26.6. The van der Waals surface area contributed by atoms with E-state index in [9.17, 15) is 9.59 Å².